The first kappa shape index (κ1) is 14.0. The van der Waals surface area contributed by atoms with Crippen molar-refractivity contribution in [2.75, 3.05) is 26.2 Å². The Kier molecular flexibility index (Phi) is 4.19. The van der Waals surface area contributed by atoms with Gasteiger partial charge in [-0.25, -0.2) is 4.98 Å². The zero-order valence-corrected chi connectivity index (χ0v) is 12.4. The number of amides is 2. The lowest BCUT2D eigenvalue weighted by Crippen LogP contribution is -2.51. The van der Waals surface area contributed by atoms with E-state index >= 15 is 0 Å². The van der Waals surface area contributed by atoms with Crippen LogP contribution in [0.2, 0.25) is 0 Å². The number of thiazole rings is 1. The minimum atomic E-state index is -0.0269. The molecule has 0 aliphatic carbocycles. The van der Waals surface area contributed by atoms with Crippen LogP contribution >= 0.6 is 11.3 Å². The summed E-state index contributed by atoms with van der Waals surface area (Å²) < 4.78 is 0. The number of carbonyl (C=O) groups excluding carboxylic acids is 2. The van der Waals surface area contributed by atoms with Crippen molar-refractivity contribution in [1.29, 1.82) is 0 Å². The van der Waals surface area contributed by atoms with Crippen molar-refractivity contribution in [3.05, 3.63) is 16.1 Å². The van der Waals surface area contributed by atoms with Crippen LogP contribution in [-0.2, 0) is 4.79 Å². The molecular weight excluding hydrogens is 262 g/mol. The fourth-order valence-corrected chi connectivity index (χ4v) is 2.71. The van der Waals surface area contributed by atoms with Gasteiger partial charge in [0, 0.05) is 37.5 Å². The molecule has 0 aromatic carbocycles. The molecule has 19 heavy (non-hydrogen) atoms. The third-order valence-corrected chi connectivity index (χ3v) is 3.98. The summed E-state index contributed by atoms with van der Waals surface area (Å²) >= 11 is 1.48. The Morgan fingerprint density at radius 2 is 1.79 bits per heavy atom. The third kappa shape index (κ3) is 3.12. The first-order valence-electron chi connectivity index (χ1n) is 6.49. The lowest BCUT2D eigenvalue weighted by Gasteiger charge is -2.35. The molecule has 1 aliphatic heterocycles. The smallest absolute Gasteiger partial charge is 0.273 e. The van der Waals surface area contributed by atoms with Crippen molar-refractivity contribution >= 4 is 23.2 Å². The fourth-order valence-electron chi connectivity index (χ4n) is 2.12. The number of aromatic nitrogens is 1. The normalized spacial score (nSPS) is 16.0. The molecule has 104 valence electrons. The van der Waals surface area contributed by atoms with Gasteiger partial charge in [-0.05, 0) is 6.92 Å². The number of nitrogens with zero attached hydrogens (tertiary/aromatic N) is 3. The Hall–Kier alpha value is -1.43. The molecule has 1 aliphatic rings. The molecule has 2 rings (SSSR count). The Bertz CT molecular complexity index is 476. The van der Waals surface area contributed by atoms with Crippen LogP contribution in [0.3, 0.4) is 0 Å². The molecule has 0 bridgehead atoms. The summed E-state index contributed by atoms with van der Waals surface area (Å²) in [6.07, 6.45) is 0. The van der Waals surface area contributed by atoms with Gasteiger partial charge in [0.1, 0.15) is 5.69 Å². The summed E-state index contributed by atoms with van der Waals surface area (Å²) in [5.41, 5.74) is 0.520. The minimum Gasteiger partial charge on any atom is -0.339 e. The van der Waals surface area contributed by atoms with E-state index in [4.69, 9.17) is 0 Å². The van der Waals surface area contributed by atoms with E-state index in [1.807, 2.05) is 25.7 Å². The molecule has 0 atom stereocenters. The van der Waals surface area contributed by atoms with E-state index in [9.17, 15) is 9.59 Å². The number of hydrogen-bond donors (Lipinski definition) is 0. The number of carbonyl (C=O) groups is 2. The Labute approximate surface area is 117 Å². The summed E-state index contributed by atoms with van der Waals surface area (Å²) in [4.78, 5) is 31.9. The van der Waals surface area contributed by atoms with E-state index in [0.717, 1.165) is 5.01 Å². The molecule has 5 nitrogen and oxygen atoms in total. The summed E-state index contributed by atoms with van der Waals surface area (Å²) in [5.74, 6) is 0.154. The third-order valence-electron chi connectivity index (χ3n) is 3.21. The molecule has 0 spiro atoms. The van der Waals surface area contributed by atoms with E-state index in [1.54, 1.807) is 10.3 Å². The molecule has 2 amide bonds. The van der Waals surface area contributed by atoms with Crippen LogP contribution < -0.4 is 0 Å². The van der Waals surface area contributed by atoms with E-state index in [2.05, 4.69) is 4.98 Å². The largest absolute Gasteiger partial charge is 0.339 e. The van der Waals surface area contributed by atoms with Gasteiger partial charge < -0.3 is 9.80 Å². The molecular formula is C13H19N3O2S. The van der Waals surface area contributed by atoms with E-state index < -0.39 is 0 Å². The van der Waals surface area contributed by atoms with Crippen LogP contribution in [-0.4, -0.2) is 52.8 Å². The van der Waals surface area contributed by atoms with Crippen LogP contribution in [0.15, 0.2) is 5.38 Å². The monoisotopic (exact) mass is 281 g/mol. The minimum absolute atomic E-state index is 0.0171. The molecule has 2 heterocycles. The van der Waals surface area contributed by atoms with E-state index in [0.29, 0.717) is 31.9 Å². The summed E-state index contributed by atoms with van der Waals surface area (Å²) in [7, 11) is 0. The second-order valence-electron chi connectivity index (χ2n) is 5.02. The SMILES string of the molecule is Cc1nc(C(=O)N2CCN(C(=O)C(C)C)CC2)cs1. The molecule has 1 saturated heterocycles. The highest BCUT2D eigenvalue weighted by molar-refractivity contribution is 7.09. The van der Waals surface area contributed by atoms with Crippen molar-refractivity contribution in [3.8, 4) is 0 Å². The first-order chi connectivity index (χ1) is 8.99. The predicted octanol–water partition coefficient (Wildman–Crippen LogP) is 1.39. The van der Waals surface area contributed by atoms with Crippen LogP contribution in [0, 0.1) is 12.8 Å². The topological polar surface area (TPSA) is 53.5 Å². The highest BCUT2D eigenvalue weighted by Crippen LogP contribution is 2.13. The average Bonchev–Trinajstić information content (AvgIpc) is 2.84. The second-order valence-corrected chi connectivity index (χ2v) is 6.09. The number of hydrogen-bond acceptors (Lipinski definition) is 4. The lowest BCUT2D eigenvalue weighted by atomic mass is 10.1. The number of piperazine rings is 1. The Balaban J connectivity index is 1.93. The Morgan fingerprint density at radius 3 is 2.26 bits per heavy atom. The van der Waals surface area contributed by atoms with Crippen molar-refractivity contribution in [1.82, 2.24) is 14.8 Å². The summed E-state index contributed by atoms with van der Waals surface area (Å²) in [6.45, 7) is 8.11. The highest BCUT2D eigenvalue weighted by atomic mass is 32.1. The van der Waals surface area contributed by atoms with Crippen LogP contribution in [0.4, 0.5) is 0 Å². The van der Waals surface area contributed by atoms with Crippen LogP contribution in [0.1, 0.15) is 29.3 Å². The molecule has 1 aromatic rings. The van der Waals surface area contributed by atoms with Gasteiger partial charge in [-0.3, -0.25) is 9.59 Å². The van der Waals surface area contributed by atoms with Crippen LogP contribution in [0.5, 0.6) is 0 Å². The molecule has 1 fully saturated rings. The lowest BCUT2D eigenvalue weighted by molar-refractivity contribution is -0.135. The number of aryl methyl sites for hydroxylation is 1. The van der Waals surface area contributed by atoms with Gasteiger partial charge >= 0.3 is 0 Å². The fraction of sp³-hybridized carbons (Fsp3) is 0.615. The van der Waals surface area contributed by atoms with Gasteiger partial charge in [0.05, 0.1) is 5.01 Å². The maximum Gasteiger partial charge on any atom is 0.273 e. The van der Waals surface area contributed by atoms with Crippen LogP contribution in [0.25, 0.3) is 0 Å². The quantitative estimate of drug-likeness (QED) is 0.823. The standard InChI is InChI=1S/C13H19N3O2S/c1-9(2)12(17)15-4-6-16(7-5-15)13(18)11-8-19-10(3)14-11/h8-9H,4-7H2,1-3H3. The zero-order chi connectivity index (χ0) is 14.0. The number of rotatable bonds is 2. The van der Waals surface area contributed by atoms with E-state index in [-0.39, 0.29) is 17.7 Å². The second kappa shape index (κ2) is 5.69. The molecule has 0 unspecified atom stereocenters. The first-order valence-corrected chi connectivity index (χ1v) is 7.37. The molecule has 0 radical (unpaired) electrons. The van der Waals surface area contributed by atoms with Gasteiger partial charge in [0.15, 0.2) is 0 Å². The van der Waals surface area contributed by atoms with Gasteiger partial charge in [-0.1, -0.05) is 13.8 Å². The van der Waals surface area contributed by atoms with Crippen molar-refractivity contribution in [3.63, 3.8) is 0 Å². The van der Waals surface area contributed by atoms with Gasteiger partial charge in [-0.2, -0.15) is 0 Å². The van der Waals surface area contributed by atoms with Gasteiger partial charge in [0.25, 0.3) is 5.91 Å². The zero-order valence-electron chi connectivity index (χ0n) is 11.5. The molecule has 1 aromatic heterocycles. The van der Waals surface area contributed by atoms with Gasteiger partial charge in [0.2, 0.25) is 5.91 Å². The van der Waals surface area contributed by atoms with E-state index in [1.165, 1.54) is 11.3 Å². The summed E-state index contributed by atoms with van der Waals surface area (Å²) in [6, 6.07) is 0. The summed E-state index contributed by atoms with van der Waals surface area (Å²) in [5, 5.41) is 2.69. The Morgan fingerprint density at radius 1 is 1.21 bits per heavy atom. The molecule has 6 heteroatoms. The maximum atomic E-state index is 12.2. The average molecular weight is 281 g/mol. The predicted molar refractivity (Wildman–Crippen MR) is 74.2 cm³/mol. The van der Waals surface area contributed by atoms with Crippen molar-refractivity contribution < 1.29 is 9.59 Å². The maximum absolute atomic E-state index is 12.2. The van der Waals surface area contributed by atoms with Crippen molar-refractivity contribution in [2.45, 2.75) is 20.8 Å². The molecule has 0 saturated carbocycles. The van der Waals surface area contributed by atoms with Crippen molar-refractivity contribution in [2.24, 2.45) is 5.92 Å². The van der Waals surface area contributed by atoms with Gasteiger partial charge in [-0.15, -0.1) is 11.3 Å². The highest BCUT2D eigenvalue weighted by Gasteiger charge is 2.26. The molecule has 0 N–H and O–H groups in total.